The van der Waals surface area contributed by atoms with E-state index in [4.69, 9.17) is 0 Å². The van der Waals surface area contributed by atoms with Gasteiger partial charge in [0.1, 0.15) is 0 Å². The van der Waals surface area contributed by atoms with Crippen molar-refractivity contribution in [3.8, 4) is 0 Å². The van der Waals surface area contributed by atoms with E-state index < -0.39 is 30.1 Å². The Hall–Kier alpha value is -2.07. The van der Waals surface area contributed by atoms with Crippen LogP contribution in [0.5, 0.6) is 0 Å². The maximum absolute atomic E-state index is 2.63. The molecule has 0 unspecified atom stereocenters. The van der Waals surface area contributed by atoms with Crippen LogP contribution in [0.4, 0.5) is 0 Å². The lowest BCUT2D eigenvalue weighted by molar-refractivity contribution is 0.792. The van der Waals surface area contributed by atoms with E-state index in [0.29, 0.717) is 0 Å². The van der Waals surface area contributed by atoms with Crippen molar-refractivity contribution in [1.29, 1.82) is 0 Å². The van der Waals surface area contributed by atoms with Crippen LogP contribution in [-0.4, -0.2) is 53.3 Å². The van der Waals surface area contributed by atoms with Crippen molar-refractivity contribution < 1.29 is 0 Å². The van der Waals surface area contributed by atoms with Gasteiger partial charge in [0, 0.05) is 0 Å². The van der Waals surface area contributed by atoms with Crippen molar-refractivity contribution in [1.82, 2.24) is 0 Å². The molecule has 6 atom stereocenters. The normalized spacial score (nSPS) is 27.1. The summed E-state index contributed by atoms with van der Waals surface area (Å²) in [6.45, 7) is 0. The summed E-state index contributed by atoms with van der Waals surface area (Å²) < 4.78 is 0. The van der Waals surface area contributed by atoms with Gasteiger partial charge in [-0.1, -0.05) is 109 Å². The second kappa shape index (κ2) is 12.2. The fourth-order valence-electron chi connectivity index (χ4n) is 8.41. The maximum atomic E-state index is 2.63. The largest absolute Gasteiger partial charge is 0.217 e. The summed E-state index contributed by atoms with van der Waals surface area (Å²) in [6.07, 6.45) is 23.3. The molecule has 4 aromatic carbocycles. The van der Waals surface area contributed by atoms with Crippen LogP contribution in [-0.2, 0) is 19.3 Å². The highest BCUT2D eigenvalue weighted by Crippen LogP contribution is 2.67. The third-order valence-corrected chi connectivity index (χ3v) is 22.2. The Morgan fingerprint density at radius 2 is 0.644 bits per heavy atom. The maximum Gasteiger partial charge on any atom is -0.00434 e. The second-order valence-corrected chi connectivity index (χ2v) is 27.2. The van der Waals surface area contributed by atoms with Crippen molar-refractivity contribution in [2.45, 2.75) is 69.0 Å². The molecule has 240 valence electrons. The van der Waals surface area contributed by atoms with Crippen LogP contribution in [0.1, 0.15) is 36.0 Å². The quantitative estimate of drug-likeness (QED) is 0.143. The molecule has 7 rings (SSSR count). The van der Waals surface area contributed by atoms with E-state index in [9.17, 15) is 0 Å². The minimum absolute atomic E-state index is 0.768. The minimum atomic E-state index is -0.768. The summed E-state index contributed by atoms with van der Waals surface area (Å²) in [5.41, 5.74) is 4.87. The van der Waals surface area contributed by atoms with Crippen molar-refractivity contribution in [3.05, 3.63) is 126 Å². The topological polar surface area (TPSA) is 0 Å². The molecule has 3 aliphatic rings. The molecule has 0 radical (unpaired) electrons. The van der Waals surface area contributed by atoms with Crippen LogP contribution in [0.25, 0.3) is 0 Å². The van der Waals surface area contributed by atoms with Gasteiger partial charge in [-0.15, -0.1) is 0 Å². The van der Waals surface area contributed by atoms with Gasteiger partial charge in [0.15, 0.2) is 0 Å². The molecule has 3 aliphatic carbocycles. The second-order valence-electron chi connectivity index (χ2n) is 15.5. The van der Waals surface area contributed by atoms with Crippen LogP contribution >= 0.6 is 30.1 Å². The van der Waals surface area contributed by atoms with Crippen LogP contribution in [0.3, 0.4) is 0 Å². The molecule has 0 amide bonds. The number of hydrogen-bond acceptors (Lipinski definition) is 0. The number of benzene rings is 4. The van der Waals surface area contributed by atoms with E-state index in [-0.39, 0.29) is 0 Å². The monoisotopic (exact) mass is 654 g/mol. The van der Waals surface area contributed by atoms with E-state index in [1.165, 1.54) is 38.5 Å². The highest BCUT2D eigenvalue weighted by molar-refractivity contribution is 8.34. The van der Waals surface area contributed by atoms with Gasteiger partial charge in [-0.2, -0.15) is 0 Å². The zero-order chi connectivity index (χ0) is 31.4. The third-order valence-electron chi connectivity index (χ3n) is 11.5. The molecule has 0 nitrogen and oxygen atoms in total. The standard InChI is InChI=1S/C42H54S3/c1-43(2,37-16-10-7-11-17-37)40-28-34(40)25-31-22-32(26-35-29-41(35)44(3,4)38-18-12-8-13-19-38)24-33(23-31)27-36-30-42(36)45(5,6)39-20-14-9-15-21-39/h7-24,34-36,40-42H,25-30H2,1-6H3/t34-,35-,36-,40-,41-,42-/m0/s1. The van der Waals surface area contributed by atoms with Gasteiger partial charge in [0.05, 0.1) is 0 Å². The summed E-state index contributed by atoms with van der Waals surface area (Å²) in [4.78, 5) is 4.75. The summed E-state index contributed by atoms with van der Waals surface area (Å²) in [5, 5.41) is 2.58. The Balaban J connectivity index is 1.08. The van der Waals surface area contributed by atoms with Crippen LogP contribution in [0.15, 0.2) is 124 Å². The fraction of sp³-hybridized carbons (Fsp3) is 0.429. The first-order valence-corrected chi connectivity index (χ1v) is 24.5. The molecular weight excluding hydrogens is 601 g/mol. The Morgan fingerprint density at radius 1 is 0.400 bits per heavy atom. The highest BCUT2D eigenvalue weighted by Gasteiger charge is 2.48. The lowest BCUT2D eigenvalue weighted by Gasteiger charge is -2.33. The van der Waals surface area contributed by atoms with Crippen molar-refractivity contribution in [3.63, 3.8) is 0 Å². The minimum Gasteiger partial charge on any atom is -0.217 e. The lowest BCUT2D eigenvalue weighted by atomic mass is 9.96. The zero-order valence-electron chi connectivity index (χ0n) is 28.3. The highest BCUT2D eigenvalue weighted by atomic mass is 32.3. The molecule has 4 aromatic rings. The van der Waals surface area contributed by atoms with Gasteiger partial charge < -0.3 is 0 Å². The Bertz CT molecular complexity index is 1400. The molecule has 0 saturated heterocycles. The van der Waals surface area contributed by atoms with E-state index in [0.717, 1.165) is 33.5 Å². The molecule has 0 bridgehead atoms. The SMILES string of the molecule is CS(C)(c1ccccc1)[C@H]1C[C@@H]1Cc1cc(C[C@H]2C[C@@H]2S(C)(C)c2ccccc2)cc(C[C@H]2C[C@@H]2S(C)(C)c2ccccc2)c1. The summed E-state index contributed by atoms with van der Waals surface area (Å²) in [6, 6.07) is 42.0. The average Bonchev–Trinajstić information content (AvgIpc) is 3.92. The van der Waals surface area contributed by atoms with Crippen LogP contribution < -0.4 is 0 Å². The van der Waals surface area contributed by atoms with Crippen molar-refractivity contribution >= 4 is 30.1 Å². The molecule has 0 aromatic heterocycles. The van der Waals surface area contributed by atoms with Gasteiger partial charge in [-0.25, -0.2) is 30.1 Å². The molecule has 3 saturated carbocycles. The predicted octanol–water partition coefficient (Wildman–Crippen LogP) is 10.8. The zero-order valence-corrected chi connectivity index (χ0v) is 30.8. The van der Waals surface area contributed by atoms with E-state index in [1.54, 1.807) is 31.4 Å². The van der Waals surface area contributed by atoms with E-state index in [2.05, 4.69) is 147 Å². The summed E-state index contributed by atoms with van der Waals surface area (Å²) >= 11 is 0. The third kappa shape index (κ3) is 6.69. The van der Waals surface area contributed by atoms with E-state index in [1.807, 2.05) is 0 Å². The molecule has 0 N–H and O–H groups in total. The Morgan fingerprint density at radius 3 is 0.889 bits per heavy atom. The average molecular weight is 655 g/mol. The Kier molecular flexibility index (Phi) is 8.54. The number of rotatable bonds is 12. The molecule has 0 heterocycles. The Labute approximate surface area is 278 Å². The molecule has 45 heavy (non-hydrogen) atoms. The lowest BCUT2D eigenvalue weighted by Crippen LogP contribution is -2.08. The molecule has 3 heteroatoms. The molecule has 3 fully saturated rings. The summed E-state index contributed by atoms with van der Waals surface area (Å²) in [7, 11) is -2.30. The first-order chi connectivity index (χ1) is 21.5. The van der Waals surface area contributed by atoms with E-state index >= 15 is 0 Å². The van der Waals surface area contributed by atoms with Gasteiger partial charge >= 0.3 is 0 Å². The summed E-state index contributed by atoms with van der Waals surface area (Å²) in [5.74, 6) is 2.51. The first kappa shape index (κ1) is 31.5. The molecule has 0 aliphatic heterocycles. The molecule has 0 spiro atoms. The fourth-order valence-corrected chi connectivity index (χ4v) is 17.4. The van der Waals surface area contributed by atoms with Gasteiger partial charge in [0.25, 0.3) is 0 Å². The van der Waals surface area contributed by atoms with Gasteiger partial charge in [0.2, 0.25) is 0 Å². The number of hydrogen-bond donors (Lipinski definition) is 0. The smallest absolute Gasteiger partial charge is 0.00434 e. The van der Waals surface area contributed by atoms with Gasteiger partial charge in [-0.3, -0.25) is 0 Å². The van der Waals surface area contributed by atoms with Crippen molar-refractivity contribution in [2.75, 3.05) is 37.5 Å². The first-order valence-electron chi connectivity index (χ1n) is 17.0. The van der Waals surface area contributed by atoms with Crippen LogP contribution in [0.2, 0.25) is 0 Å². The predicted molar refractivity (Wildman–Crippen MR) is 206 cm³/mol. The van der Waals surface area contributed by atoms with Crippen LogP contribution in [0, 0.1) is 17.8 Å². The van der Waals surface area contributed by atoms with Crippen molar-refractivity contribution in [2.24, 2.45) is 17.8 Å². The van der Waals surface area contributed by atoms with Gasteiger partial charge in [-0.05, 0) is 141 Å². The molecular formula is C42H54S3.